The molecule has 0 bridgehead atoms. The van der Waals surface area contributed by atoms with Crippen molar-refractivity contribution in [3.8, 4) is 0 Å². The first kappa shape index (κ1) is 57.1. The van der Waals surface area contributed by atoms with Crippen LogP contribution >= 0.6 is 0 Å². The normalized spacial score (nSPS) is 54.1. The number of hydrogen-bond donors (Lipinski definition) is 12. The Kier molecular flexibility index (Phi) is 15.8. The molecule has 0 spiro atoms. The molecule has 21 nitrogen and oxygen atoms in total. The van der Waals surface area contributed by atoms with Crippen LogP contribution in [0.25, 0.3) is 0 Å². The number of aliphatic hydroxyl groups is 12. The zero-order valence-electron chi connectivity index (χ0n) is 44.1. The van der Waals surface area contributed by atoms with Gasteiger partial charge in [0.2, 0.25) is 6.29 Å². The van der Waals surface area contributed by atoms with Crippen LogP contribution in [0.4, 0.5) is 0 Å². The Balaban J connectivity index is 0.923. The van der Waals surface area contributed by atoms with Gasteiger partial charge in [0.15, 0.2) is 18.9 Å². The Bertz CT molecular complexity index is 2040. The average Bonchev–Trinajstić information content (AvgIpc) is 3.35. The smallest absolute Gasteiger partial charge is 0.315 e. The van der Waals surface area contributed by atoms with Crippen LogP contribution in [-0.4, -0.2) is 210 Å². The van der Waals surface area contributed by atoms with Gasteiger partial charge in [-0.05, 0) is 116 Å². The number of rotatable bonds is 10. The first-order valence-electron chi connectivity index (χ1n) is 27.1. The quantitative estimate of drug-likeness (QED) is 0.0755. The molecule has 21 heteroatoms. The molecule has 8 fully saturated rings. The molecule has 27 atom stereocenters. The highest BCUT2D eigenvalue weighted by Crippen LogP contribution is 2.76. The molecule has 424 valence electrons. The first-order valence-corrected chi connectivity index (χ1v) is 27.1. The zero-order chi connectivity index (χ0) is 54.0. The summed E-state index contributed by atoms with van der Waals surface area (Å²) in [6.45, 7) is 15.9. The SMILES string of the molecule is CC1OC(OC2C(OC3CCC4(C)C(CCC5(C)C4CC=C4C6CC(C)(C)CCC6(C(=O)OC6OC(CO)C(OC7OC(CO)C(O)C(O)C7O)C(O)C6O)CCC45C)C3(C)C)OCC(O)C2O)C(O)C(O)C1O. The lowest BCUT2D eigenvalue weighted by atomic mass is 9.33. The van der Waals surface area contributed by atoms with E-state index >= 15 is 4.79 Å². The summed E-state index contributed by atoms with van der Waals surface area (Å²) in [6.07, 6.45) is -19.4. The highest BCUT2D eigenvalue weighted by Gasteiger charge is 2.70. The molecule has 0 aromatic rings. The monoisotopic (exact) mass is 1060 g/mol. The van der Waals surface area contributed by atoms with E-state index in [4.69, 9.17) is 37.9 Å². The lowest BCUT2D eigenvalue weighted by Crippen LogP contribution is -2.66. The van der Waals surface area contributed by atoms with Gasteiger partial charge in [-0.3, -0.25) is 4.79 Å². The van der Waals surface area contributed by atoms with Crippen molar-refractivity contribution in [2.75, 3.05) is 19.8 Å². The topological polar surface area (TPSA) is 334 Å². The van der Waals surface area contributed by atoms with Crippen molar-refractivity contribution in [1.29, 1.82) is 0 Å². The third-order valence-electron chi connectivity index (χ3n) is 21.0. The molecule has 9 aliphatic rings. The molecule has 4 heterocycles. The van der Waals surface area contributed by atoms with Crippen LogP contribution in [0.5, 0.6) is 0 Å². The maximum absolute atomic E-state index is 15.1. The van der Waals surface area contributed by atoms with Crippen molar-refractivity contribution in [1.82, 2.24) is 0 Å². The number of fused-ring (bicyclic) bond motifs is 7. The summed E-state index contributed by atoms with van der Waals surface area (Å²) in [6, 6.07) is 0. The Labute approximate surface area is 433 Å². The predicted molar refractivity (Wildman–Crippen MR) is 255 cm³/mol. The van der Waals surface area contributed by atoms with E-state index in [1.165, 1.54) is 12.5 Å². The third-order valence-corrected chi connectivity index (χ3v) is 21.0. The van der Waals surface area contributed by atoms with Gasteiger partial charge < -0.3 is 99.2 Å². The van der Waals surface area contributed by atoms with Crippen molar-refractivity contribution in [2.24, 2.45) is 50.2 Å². The highest BCUT2D eigenvalue weighted by molar-refractivity contribution is 5.79. The second-order valence-electron chi connectivity index (χ2n) is 25.8. The predicted octanol–water partition coefficient (Wildman–Crippen LogP) is -0.369. The van der Waals surface area contributed by atoms with Crippen LogP contribution in [0.15, 0.2) is 11.6 Å². The van der Waals surface area contributed by atoms with Crippen molar-refractivity contribution in [3.05, 3.63) is 11.6 Å². The van der Waals surface area contributed by atoms with E-state index in [1.807, 2.05) is 0 Å². The van der Waals surface area contributed by atoms with E-state index in [0.29, 0.717) is 32.1 Å². The van der Waals surface area contributed by atoms with E-state index < -0.39 is 147 Å². The van der Waals surface area contributed by atoms with Gasteiger partial charge in [0.1, 0.15) is 85.5 Å². The van der Waals surface area contributed by atoms with E-state index in [0.717, 1.165) is 32.1 Å². The van der Waals surface area contributed by atoms with Crippen LogP contribution in [0.1, 0.15) is 120 Å². The van der Waals surface area contributed by atoms with E-state index in [9.17, 15) is 61.3 Å². The lowest BCUT2D eigenvalue weighted by molar-refractivity contribution is -0.364. The number of aliphatic hydroxyl groups excluding tert-OH is 12. The third kappa shape index (κ3) is 9.17. The fourth-order valence-corrected chi connectivity index (χ4v) is 16.2. The van der Waals surface area contributed by atoms with E-state index in [1.54, 1.807) is 0 Å². The molecule has 0 amide bonds. The molecule has 4 saturated carbocycles. The van der Waals surface area contributed by atoms with Gasteiger partial charge >= 0.3 is 5.97 Å². The minimum atomic E-state index is -1.86. The molecular formula is C53H86O21. The lowest BCUT2D eigenvalue weighted by Gasteiger charge is -2.71. The standard InChI is InChI=1S/C53H86O21/c1-23-32(57)35(60)38(63)43(68-23)73-42-33(58)26(56)22-67-46(42)71-31-12-13-50(6)29(49(31,4)5)11-14-52(8)30(50)10-9-24-25-19-48(2,3)15-17-53(25,18-16-51(24,52)7)47(66)74-45-40(65)37(62)41(28(21-55)70-45)72-44-39(64)36(61)34(59)27(20-54)69-44/h9,23,25-46,54-65H,10-22H2,1-8H3. The van der Waals surface area contributed by atoms with Crippen LogP contribution in [0.2, 0.25) is 0 Å². The minimum absolute atomic E-state index is 0.114. The number of hydrogen-bond acceptors (Lipinski definition) is 21. The molecule has 0 radical (unpaired) electrons. The van der Waals surface area contributed by atoms with Gasteiger partial charge in [-0.2, -0.15) is 0 Å². The van der Waals surface area contributed by atoms with Crippen LogP contribution < -0.4 is 0 Å². The molecule has 12 N–H and O–H groups in total. The molecular weight excluding hydrogens is 973 g/mol. The summed E-state index contributed by atoms with van der Waals surface area (Å²) in [7, 11) is 0. The van der Waals surface area contributed by atoms with Crippen LogP contribution in [0, 0.1) is 50.2 Å². The Morgan fingerprint density at radius 1 is 0.608 bits per heavy atom. The van der Waals surface area contributed by atoms with Crippen LogP contribution in [0.3, 0.4) is 0 Å². The molecule has 0 aromatic carbocycles. The van der Waals surface area contributed by atoms with Crippen molar-refractivity contribution in [2.45, 2.75) is 242 Å². The number of esters is 1. The Hall–Kier alpha value is -1.55. The maximum Gasteiger partial charge on any atom is 0.315 e. The molecule has 4 aliphatic heterocycles. The van der Waals surface area contributed by atoms with Crippen molar-refractivity contribution in [3.63, 3.8) is 0 Å². The largest absolute Gasteiger partial charge is 0.432 e. The number of carbonyl (C=O) groups excluding carboxylic acids is 1. The average molecular weight is 1060 g/mol. The second-order valence-corrected chi connectivity index (χ2v) is 25.8. The summed E-state index contributed by atoms with van der Waals surface area (Å²) in [5.41, 5.74) is -0.885. The highest BCUT2D eigenvalue weighted by atomic mass is 16.8. The van der Waals surface area contributed by atoms with Gasteiger partial charge in [0.25, 0.3) is 0 Å². The number of carbonyl (C=O) groups is 1. The van der Waals surface area contributed by atoms with Gasteiger partial charge in [-0.15, -0.1) is 0 Å². The van der Waals surface area contributed by atoms with Crippen molar-refractivity contribution < 1.29 is 104 Å². The first-order chi connectivity index (χ1) is 34.6. The van der Waals surface area contributed by atoms with Gasteiger partial charge in [-0.25, -0.2) is 0 Å². The van der Waals surface area contributed by atoms with Crippen LogP contribution in [-0.2, 0) is 42.7 Å². The second kappa shape index (κ2) is 20.5. The molecule has 9 rings (SSSR count). The Morgan fingerprint density at radius 3 is 1.89 bits per heavy atom. The summed E-state index contributed by atoms with van der Waals surface area (Å²) in [5.74, 6) is -0.319. The fourth-order valence-electron chi connectivity index (χ4n) is 16.2. The molecule has 4 saturated heterocycles. The number of allylic oxidation sites excluding steroid dienone is 2. The number of ether oxygens (including phenoxy) is 8. The van der Waals surface area contributed by atoms with Gasteiger partial charge in [-0.1, -0.05) is 60.1 Å². The molecule has 5 aliphatic carbocycles. The summed E-state index contributed by atoms with van der Waals surface area (Å²) in [4.78, 5) is 15.1. The van der Waals surface area contributed by atoms with Gasteiger partial charge in [0.05, 0.1) is 37.4 Å². The summed E-state index contributed by atoms with van der Waals surface area (Å²) < 4.78 is 48.0. The molecule has 27 unspecified atom stereocenters. The fraction of sp³-hybridized carbons (Fsp3) is 0.943. The van der Waals surface area contributed by atoms with Crippen molar-refractivity contribution >= 4 is 5.97 Å². The molecule has 74 heavy (non-hydrogen) atoms. The minimum Gasteiger partial charge on any atom is -0.432 e. The van der Waals surface area contributed by atoms with E-state index in [-0.39, 0.29) is 52.1 Å². The zero-order valence-corrected chi connectivity index (χ0v) is 44.1. The Morgan fingerprint density at radius 2 is 1.22 bits per heavy atom. The van der Waals surface area contributed by atoms with Gasteiger partial charge in [0, 0.05) is 0 Å². The molecule has 0 aromatic heterocycles. The van der Waals surface area contributed by atoms with E-state index in [2.05, 4.69) is 54.5 Å². The summed E-state index contributed by atoms with van der Waals surface area (Å²) >= 11 is 0. The maximum atomic E-state index is 15.1. The summed E-state index contributed by atoms with van der Waals surface area (Å²) in [5, 5.41) is 128.